The second kappa shape index (κ2) is 9.82. The summed E-state index contributed by atoms with van der Waals surface area (Å²) >= 11 is 6.46. The molecule has 0 aliphatic heterocycles. The van der Waals surface area contributed by atoms with Crippen LogP contribution in [0.3, 0.4) is 0 Å². The highest BCUT2D eigenvalue weighted by Gasteiger charge is 2.26. The fraction of sp³-hybridized carbons (Fsp3) is 0.296. The van der Waals surface area contributed by atoms with Crippen LogP contribution in [-0.2, 0) is 28.9 Å². The number of carbonyl (C=O) groups is 2. The summed E-state index contributed by atoms with van der Waals surface area (Å²) in [6, 6.07) is 6.67. The van der Waals surface area contributed by atoms with Crippen LogP contribution in [0, 0.1) is 0 Å². The first-order valence-corrected chi connectivity index (χ1v) is 12.4. The quantitative estimate of drug-likeness (QED) is 0.267. The molecule has 0 saturated heterocycles. The van der Waals surface area contributed by atoms with Crippen molar-refractivity contribution in [3.05, 3.63) is 68.7 Å². The molecule has 0 unspecified atom stereocenters. The van der Waals surface area contributed by atoms with Crippen molar-refractivity contribution in [2.75, 3.05) is 0 Å². The van der Waals surface area contributed by atoms with Crippen LogP contribution < -0.4 is 15.7 Å². The van der Waals surface area contributed by atoms with Gasteiger partial charge in [-0.15, -0.1) is 0 Å². The van der Waals surface area contributed by atoms with E-state index in [1.165, 1.54) is 25.1 Å². The van der Waals surface area contributed by atoms with Gasteiger partial charge in [-0.2, -0.15) is 0 Å². The Morgan fingerprint density at radius 3 is 2.68 bits per heavy atom. The lowest BCUT2D eigenvalue weighted by Crippen LogP contribution is -2.47. The molecule has 192 valence electrons. The van der Waals surface area contributed by atoms with Gasteiger partial charge in [0, 0.05) is 40.5 Å². The average molecular weight is 525 g/mol. The molecule has 37 heavy (non-hydrogen) atoms. The first-order valence-electron chi connectivity index (χ1n) is 12.0. The molecule has 9 nitrogen and oxygen atoms in total. The molecule has 1 amide bonds. The van der Waals surface area contributed by atoms with Gasteiger partial charge in [-0.3, -0.25) is 4.79 Å². The van der Waals surface area contributed by atoms with E-state index in [1.807, 2.05) is 0 Å². The summed E-state index contributed by atoms with van der Waals surface area (Å²) in [6.45, 7) is 1.47. The predicted octanol–water partition coefficient (Wildman–Crippen LogP) is 4.09. The van der Waals surface area contributed by atoms with Crippen LogP contribution in [0.1, 0.15) is 36.5 Å². The van der Waals surface area contributed by atoms with Crippen molar-refractivity contribution in [2.24, 2.45) is 0 Å². The molecule has 0 fully saturated rings. The summed E-state index contributed by atoms with van der Waals surface area (Å²) in [5.74, 6) is -1.67. The standard InChI is InChI=1S/C27H25ClN2O7/c1-13(25(32)30-22(26(33)34)8-14-12-29-21-7-6-15(31)9-18(14)21)36-24-11-23-19(10-20(24)28)16-4-2-3-5-17(16)27(35)37-23/h6-7,9-13,22,29,31H,2-5,8H2,1H3,(H,30,32)(H,33,34)/t13-,22-/m0/s1. The number of H-pyrrole nitrogens is 1. The average Bonchev–Trinajstić information content (AvgIpc) is 3.26. The summed E-state index contributed by atoms with van der Waals surface area (Å²) in [7, 11) is 0. The number of aryl methyl sites for hydroxylation is 1. The highest BCUT2D eigenvalue weighted by Crippen LogP contribution is 2.34. The van der Waals surface area contributed by atoms with Crippen molar-refractivity contribution in [1.29, 1.82) is 0 Å². The number of aromatic nitrogens is 1. The Hall–Kier alpha value is -3.98. The highest BCUT2D eigenvalue weighted by molar-refractivity contribution is 6.32. The summed E-state index contributed by atoms with van der Waals surface area (Å²) < 4.78 is 11.3. The summed E-state index contributed by atoms with van der Waals surface area (Å²) in [4.78, 5) is 40.3. The van der Waals surface area contributed by atoms with Crippen LogP contribution in [0.5, 0.6) is 11.5 Å². The minimum absolute atomic E-state index is 0.00968. The summed E-state index contributed by atoms with van der Waals surface area (Å²) in [5.41, 5.74) is 2.93. The van der Waals surface area contributed by atoms with Crippen LogP contribution in [0.2, 0.25) is 5.02 Å². The van der Waals surface area contributed by atoms with Crippen molar-refractivity contribution in [1.82, 2.24) is 10.3 Å². The molecular formula is C27H25ClN2O7. The van der Waals surface area contributed by atoms with Crippen molar-refractivity contribution in [3.8, 4) is 11.5 Å². The van der Waals surface area contributed by atoms with E-state index in [0.717, 1.165) is 35.7 Å². The topological polar surface area (TPSA) is 142 Å². The van der Waals surface area contributed by atoms with Gasteiger partial charge in [-0.25, -0.2) is 9.59 Å². The number of rotatable bonds is 7. The maximum absolute atomic E-state index is 12.9. The van der Waals surface area contributed by atoms with E-state index in [-0.39, 0.29) is 28.6 Å². The molecule has 2 aromatic heterocycles. The second-order valence-electron chi connectivity index (χ2n) is 9.24. The Morgan fingerprint density at radius 2 is 1.92 bits per heavy atom. The predicted molar refractivity (Wildman–Crippen MR) is 137 cm³/mol. The van der Waals surface area contributed by atoms with Crippen LogP contribution in [0.15, 0.2) is 45.7 Å². The normalized spacial score (nSPS) is 14.8. The van der Waals surface area contributed by atoms with Gasteiger partial charge in [0.1, 0.15) is 23.1 Å². The molecule has 5 rings (SSSR count). The van der Waals surface area contributed by atoms with Crippen molar-refractivity contribution in [2.45, 2.75) is 51.2 Å². The number of ether oxygens (including phenoxy) is 1. The zero-order valence-electron chi connectivity index (χ0n) is 20.0. The third-order valence-electron chi connectivity index (χ3n) is 6.74. The number of carboxylic acid groups (broad SMARTS) is 1. The van der Waals surface area contributed by atoms with E-state index in [2.05, 4.69) is 10.3 Å². The Balaban J connectivity index is 1.34. The first kappa shape index (κ1) is 24.7. The number of carboxylic acids is 1. The molecule has 0 spiro atoms. The molecule has 1 aliphatic carbocycles. The zero-order valence-corrected chi connectivity index (χ0v) is 20.7. The SMILES string of the molecule is C[C@H](Oc1cc2oc(=O)c3c(c2cc1Cl)CCCC3)C(=O)N[C@@H](Cc1c[nH]c2ccc(O)cc12)C(=O)O. The lowest BCUT2D eigenvalue weighted by atomic mass is 9.90. The van der Waals surface area contributed by atoms with Crippen molar-refractivity contribution < 1.29 is 29.0 Å². The molecule has 1 aliphatic rings. The number of aromatic hydroxyl groups is 1. The van der Waals surface area contributed by atoms with Crippen molar-refractivity contribution in [3.63, 3.8) is 0 Å². The molecule has 0 radical (unpaired) electrons. The van der Waals surface area contributed by atoms with Gasteiger partial charge >= 0.3 is 11.6 Å². The van der Waals surface area contributed by atoms with Gasteiger partial charge in [0.15, 0.2) is 6.10 Å². The maximum atomic E-state index is 12.9. The molecule has 2 atom stereocenters. The number of halogens is 1. The molecular weight excluding hydrogens is 500 g/mol. The Bertz CT molecular complexity index is 1590. The van der Waals surface area contributed by atoms with Crippen LogP contribution in [0.4, 0.5) is 0 Å². The third kappa shape index (κ3) is 4.86. The minimum atomic E-state index is -1.24. The Morgan fingerprint density at radius 1 is 1.16 bits per heavy atom. The first-order chi connectivity index (χ1) is 17.7. The Kier molecular flexibility index (Phi) is 6.55. The number of nitrogens with one attached hydrogen (secondary N) is 2. The number of aromatic amines is 1. The second-order valence-corrected chi connectivity index (χ2v) is 9.65. The van der Waals surface area contributed by atoms with Crippen LogP contribution in [-0.4, -0.2) is 39.2 Å². The molecule has 2 heterocycles. The molecule has 0 bridgehead atoms. The lowest BCUT2D eigenvalue weighted by Gasteiger charge is -2.20. The van der Waals surface area contributed by atoms with Crippen molar-refractivity contribution >= 4 is 45.3 Å². The number of hydrogen-bond acceptors (Lipinski definition) is 6. The van der Waals surface area contributed by atoms with E-state index in [0.29, 0.717) is 28.5 Å². The fourth-order valence-electron chi connectivity index (χ4n) is 4.82. The number of hydrogen-bond donors (Lipinski definition) is 4. The maximum Gasteiger partial charge on any atom is 0.339 e. The van der Waals surface area contributed by atoms with Gasteiger partial charge < -0.3 is 29.7 Å². The molecule has 0 saturated carbocycles. The zero-order chi connectivity index (χ0) is 26.3. The van der Waals surface area contributed by atoms with E-state index in [4.69, 9.17) is 20.8 Å². The smallest absolute Gasteiger partial charge is 0.339 e. The molecule has 4 N–H and O–H groups in total. The van der Waals surface area contributed by atoms with Gasteiger partial charge in [0.05, 0.1) is 5.02 Å². The molecule has 10 heteroatoms. The van der Waals surface area contributed by atoms with Gasteiger partial charge in [-0.05, 0) is 68.0 Å². The number of phenolic OH excluding ortho intramolecular Hbond substituents is 1. The van der Waals surface area contributed by atoms with Gasteiger partial charge in [-0.1, -0.05) is 11.6 Å². The highest BCUT2D eigenvalue weighted by atomic mass is 35.5. The van der Waals surface area contributed by atoms with Gasteiger partial charge in [0.2, 0.25) is 0 Å². The van der Waals surface area contributed by atoms with E-state index in [1.54, 1.807) is 18.3 Å². The minimum Gasteiger partial charge on any atom is -0.508 e. The monoisotopic (exact) mass is 524 g/mol. The lowest BCUT2D eigenvalue weighted by molar-refractivity contribution is -0.142. The van der Waals surface area contributed by atoms with E-state index in [9.17, 15) is 24.6 Å². The van der Waals surface area contributed by atoms with E-state index >= 15 is 0 Å². The third-order valence-corrected chi connectivity index (χ3v) is 7.03. The summed E-state index contributed by atoms with van der Waals surface area (Å²) in [5, 5.41) is 23.7. The number of fused-ring (bicyclic) bond motifs is 4. The van der Waals surface area contributed by atoms with E-state index < -0.39 is 24.0 Å². The van der Waals surface area contributed by atoms with Crippen LogP contribution >= 0.6 is 11.6 Å². The summed E-state index contributed by atoms with van der Waals surface area (Å²) in [6.07, 6.45) is 3.89. The van der Waals surface area contributed by atoms with Gasteiger partial charge in [0.25, 0.3) is 5.91 Å². The number of phenols is 1. The number of aliphatic carboxylic acids is 1. The molecule has 4 aromatic rings. The Labute approximate surface area is 216 Å². The largest absolute Gasteiger partial charge is 0.508 e. The molecule has 2 aromatic carbocycles. The number of amides is 1. The fourth-order valence-corrected chi connectivity index (χ4v) is 5.03. The number of carbonyl (C=O) groups excluding carboxylic acids is 1. The van der Waals surface area contributed by atoms with Crippen LogP contribution in [0.25, 0.3) is 21.9 Å². The number of benzene rings is 2.